The predicted molar refractivity (Wildman–Crippen MR) is 151 cm³/mol. The summed E-state index contributed by atoms with van der Waals surface area (Å²) in [7, 11) is 0. The molecule has 182 valence electrons. The number of para-hydroxylation sites is 1. The van der Waals surface area contributed by atoms with Crippen molar-refractivity contribution in [3.05, 3.63) is 130 Å². The van der Waals surface area contributed by atoms with E-state index < -0.39 is 5.91 Å². The molecule has 0 aliphatic heterocycles. The summed E-state index contributed by atoms with van der Waals surface area (Å²) in [5.74, 6) is -0.434. The van der Waals surface area contributed by atoms with E-state index in [2.05, 4.69) is 39.9 Å². The number of aromatic nitrogens is 2. The van der Waals surface area contributed by atoms with Gasteiger partial charge < -0.3 is 0 Å². The van der Waals surface area contributed by atoms with E-state index in [1.165, 1.54) is 6.21 Å². The summed E-state index contributed by atoms with van der Waals surface area (Å²) in [6.07, 6.45) is 1.47. The minimum Gasteiger partial charge on any atom is -0.265 e. The summed E-state index contributed by atoms with van der Waals surface area (Å²) < 4.78 is 1.79. The SMILES string of the molecule is Cc1ccccc1-n1nc(C(=O)N/N=C\c2ccc(Cl)cc2Cl)cc1-c1ccc(-c2ccccc2)cc1. The van der Waals surface area contributed by atoms with Gasteiger partial charge in [-0.3, -0.25) is 4.79 Å². The van der Waals surface area contributed by atoms with Gasteiger partial charge in [0.1, 0.15) is 0 Å². The highest BCUT2D eigenvalue weighted by Crippen LogP contribution is 2.28. The van der Waals surface area contributed by atoms with Crippen LogP contribution < -0.4 is 5.43 Å². The van der Waals surface area contributed by atoms with Crippen molar-refractivity contribution in [2.45, 2.75) is 6.92 Å². The Morgan fingerprint density at radius 3 is 2.24 bits per heavy atom. The molecule has 0 aliphatic carbocycles. The Kier molecular flexibility index (Phi) is 7.17. The van der Waals surface area contributed by atoms with Crippen LogP contribution in [0, 0.1) is 6.92 Å². The Morgan fingerprint density at radius 2 is 1.51 bits per heavy atom. The zero-order valence-electron chi connectivity index (χ0n) is 19.9. The largest absolute Gasteiger partial charge is 0.291 e. The number of nitrogens with one attached hydrogen (secondary N) is 1. The van der Waals surface area contributed by atoms with Gasteiger partial charge in [-0.25, -0.2) is 10.1 Å². The smallest absolute Gasteiger partial charge is 0.265 e. The van der Waals surface area contributed by atoms with E-state index in [0.29, 0.717) is 15.6 Å². The molecule has 0 bridgehead atoms. The van der Waals surface area contributed by atoms with Crippen molar-refractivity contribution in [2.24, 2.45) is 5.10 Å². The Balaban J connectivity index is 1.47. The lowest BCUT2D eigenvalue weighted by molar-refractivity contribution is 0.0949. The van der Waals surface area contributed by atoms with Crippen LogP contribution in [0.4, 0.5) is 0 Å². The van der Waals surface area contributed by atoms with E-state index in [4.69, 9.17) is 23.2 Å². The van der Waals surface area contributed by atoms with Gasteiger partial charge in [0.05, 0.1) is 22.6 Å². The fourth-order valence-electron chi connectivity index (χ4n) is 3.97. The van der Waals surface area contributed by atoms with Gasteiger partial charge >= 0.3 is 0 Å². The Labute approximate surface area is 225 Å². The third-order valence-corrected chi connectivity index (χ3v) is 6.47. The Hall–Kier alpha value is -4.19. The Bertz CT molecular complexity index is 1590. The zero-order valence-corrected chi connectivity index (χ0v) is 21.4. The summed E-state index contributed by atoms with van der Waals surface area (Å²) in [4.78, 5) is 13.0. The third kappa shape index (κ3) is 5.48. The van der Waals surface area contributed by atoms with Crippen molar-refractivity contribution in [1.29, 1.82) is 0 Å². The van der Waals surface area contributed by atoms with Crippen LogP contribution in [-0.2, 0) is 0 Å². The van der Waals surface area contributed by atoms with Gasteiger partial charge in [0.25, 0.3) is 5.91 Å². The number of hydrogen-bond donors (Lipinski definition) is 1. The molecule has 4 aromatic carbocycles. The van der Waals surface area contributed by atoms with Gasteiger partial charge in [-0.1, -0.05) is 102 Å². The number of benzene rings is 4. The van der Waals surface area contributed by atoms with Crippen molar-refractivity contribution in [2.75, 3.05) is 0 Å². The molecule has 5 nitrogen and oxygen atoms in total. The van der Waals surface area contributed by atoms with E-state index in [-0.39, 0.29) is 5.69 Å². The molecule has 0 unspecified atom stereocenters. The lowest BCUT2D eigenvalue weighted by Crippen LogP contribution is -2.18. The van der Waals surface area contributed by atoms with Crippen molar-refractivity contribution in [3.63, 3.8) is 0 Å². The number of nitrogens with zero attached hydrogens (tertiary/aromatic N) is 3. The van der Waals surface area contributed by atoms with Crippen LogP contribution in [0.5, 0.6) is 0 Å². The lowest BCUT2D eigenvalue weighted by Gasteiger charge is -2.11. The van der Waals surface area contributed by atoms with E-state index in [1.54, 1.807) is 28.9 Å². The summed E-state index contributed by atoms with van der Waals surface area (Å²) >= 11 is 12.1. The third-order valence-electron chi connectivity index (χ3n) is 5.91. The molecule has 5 rings (SSSR count). The second-order valence-electron chi connectivity index (χ2n) is 8.42. The maximum absolute atomic E-state index is 13.0. The summed E-state index contributed by atoms with van der Waals surface area (Å²) in [5, 5.41) is 9.66. The van der Waals surface area contributed by atoms with Crippen LogP contribution in [0.25, 0.3) is 28.1 Å². The van der Waals surface area contributed by atoms with Gasteiger partial charge in [-0.2, -0.15) is 10.2 Å². The molecule has 1 aromatic heterocycles. The molecule has 0 atom stereocenters. The highest BCUT2D eigenvalue weighted by atomic mass is 35.5. The first-order valence-electron chi connectivity index (χ1n) is 11.6. The van der Waals surface area contributed by atoms with E-state index in [1.807, 2.05) is 61.5 Å². The van der Waals surface area contributed by atoms with Crippen molar-refractivity contribution in [1.82, 2.24) is 15.2 Å². The van der Waals surface area contributed by atoms with Gasteiger partial charge in [0.2, 0.25) is 0 Å². The minimum absolute atomic E-state index is 0.241. The number of carbonyl (C=O) groups is 1. The van der Waals surface area contributed by atoms with E-state index in [0.717, 1.165) is 33.6 Å². The number of hydrazone groups is 1. The predicted octanol–water partition coefficient (Wildman–Crippen LogP) is 7.59. The molecule has 0 spiro atoms. The average molecular weight is 525 g/mol. The van der Waals surface area contributed by atoms with Crippen molar-refractivity contribution >= 4 is 35.3 Å². The normalized spacial score (nSPS) is 11.1. The number of amides is 1. The molecule has 0 saturated carbocycles. The molecule has 1 heterocycles. The van der Waals surface area contributed by atoms with Gasteiger partial charge in [-0.15, -0.1) is 0 Å². The standard InChI is InChI=1S/C30H22Cl2N4O/c1-20-7-5-6-10-28(20)36-29(23-13-11-22(12-14-23)21-8-3-2-4-9-21)18-27(35-36)30(37)34-33-19-24-15-16-25(31)17-26(24)32/h2-19H,1H3,(H,34,37)/b33-19-. The van der Waals surface area contributed by atoms with Crippen LogP contribution in [0.2, 0.25) is 10.0 Å². The molecule has 0 fully saturated rings. The Morgan fingerprint density at radius 1 is 0.838 bits per heavy atom. The summed E-state index contributed by atoms with van der Waals surface area (Å²) in [5.41, 5.74) is 9.32. The molecule has 37 heavy (non-hydrogen) atoms. The number of rotatable bonds is 6. The fourth-order valence-corrected chi connectivity index (χ4v) is 4.43. The first-order valence-corrected chi connectivity index (χ1v) is 12.4. The number of halogens is 2. The topological polar surface area (TPSA) is 59.3 Å². The molecular formula is C30H22Cl2N4O. The number of carbonyl (C=O) groups excluding carboxylic acids is 1. The second kappa shape index (κ2) is 10.8. The maximum Gasteiger partial charge on any atom is 0.291 e. The fraction of sp³-hybridized carbons (Fsp3) is 0.0333. The molecule has 0 radical (unpaired) electrons. The highest BCUT2D eigenvalue weighted by Gasteiger charge is 2.18. The molecule has 0 saturated heterocycles. The van der Waals surface area contributed by atoms with E-state index >= 15 is 0 Å². The van der Waals surface area contributed by atoms with Crippen LogP contribution in [0.1, 0.15) is 21.6 Å². The summed E-state index contributed by atoms with van der Waals surface area (Å²) in [6.45, 7) is 2.01. The quantitative estimate of drug-likeness (QED) is 0.184. The molecule has 5 aromatic rings. The lowest BCUT2D eigenvalue weighted by atomic mass is 10.0. The van der Waals surface area contributed by atoms with E-state index in [9.17, 15) is 4.79 Å². The van der Waals surface area contributed by atoms with Crippen LogP contribution in [-0.4, -0.2) is 21.9 Å². The number of hydrogen-bond acceptors (Lipinski definition) is 3. The first-order chi connectivity index (χ1) is 18.0. The average Bonchev–Trinajstić information content (AvgIpc) is 3.36. The molecule has 0 aliphatic rings. The maximum atomic E-state index is 13.0. The summed E-state index contributed by atoms with van der Waals surface area (Å²) in [6, 6.07) is 33.1. The van der Waals surface area contributed by atoms with Crippen LogP contribution >= 0.6 is 23.2 Å². The molecule has 7 heteroatoms. The van der Waals surface area contributed by atoms with Crippen molar-refractivity contribution in [3.8, 4) is 28.1 Å². The van der Waals surface area contributed by atoms with Crippen LogP contribution in [0.15, 0.2) is 108 Å². The van der Waals surface area contributed by atoms with Gasteiger partial charge in [-0.05, 0) is 47.9 Å². The van der Waals surface area contributed by atoms with Crippen LogP contribution in [0.3, 0.4) is 0 Å². The molecular weight excluding hydrogens is 503 g/mol. The molecule has 1 N–H and O–H groups in total. The zero-order chi connectivity index (χ0) is 25.8. The monoisotopic (exact) mass is 524 g/mol. The molecule has 1 amide bonds. The van der Waals surface area contributed by atoms with Gasteiger partial charge in [0.15, 0.2) is 5.69 Å². The number of aryl methyl sites for hydroxylation is 1. The minimum atomic E-state index is -0.434. The first kappa shape index (κ1) is 24.5. The van der Waals surface area contributed by atoms with Crippen molar-refractivity contribution < 1.29 is 4.79 Å². The van der Waals surface area contributed by atoms with Gasteiger partial charge in [0, 0.05) is 16.1 Å². The highest BCUT2D eigenvalue weighted by molar-refractivity contribution is 6.36. The second-order valence-corrected chi connectivity index (χ2v) is 9.27.